The average Bonchev–Trinajstić information content (AvgIpc) is 3.47. The van der Waals surface area contributed by atoms with Gasteiger partial charge in [0.15, 0.2) is 0 Å². The minimum Gasteiger partial charge on any atom is -0.347 e. The van der Waals surface area contributed by atoms with Crippen LogP contribution in [0.25, 0.3) is 11.0 Å². The average molecular weight is 453 g/mol. The van der Waals surface area contributed by atoms with Crippen molar-refractivity contribution in [3.63, 3.8) is 0 Å². The lowest BCUT2D eigenvalue weighted by Crippen LogP contribution is -2.37. The number of fused-ring (bicyclic) bond motifs is 1. The zero-order valence-corrected chi connectivity index (χ0v) is 17.9. The van der Waals surface area contributed by atoms with E-state index in [0.717, 1.165) is 35.4 Å². The number of aromatic nitrogens is 2. The van der Waals surface area contributed by atoms with Gasteiger partial charge in [-0.25, -0.2) is 4.98 Å². The van der Waals surface area contributed by atoms with E-state index in [-0.39, 0.29) is 11.9 Å². The quantitative estimate of drug-likeness (QED) is 0.610. The molecule has 1 saturated carbocycles. The molecule has 1 amide bonds. The van der Waals surface area contributed by atoms with Crippen LogP contribution >= 0.6 is 15.9 Å². The van der Waals surface area contributed by atoms with Crippen molar-refractivity contribution < 1.29 is 4.79 Å². The summed E-state index contributed by atoms with van der Waals surface area (Å²) in [5, 5.41) is 3.20. The monoisotopic (exact) mass is 452 g/mol. The van der Waals surface area contributed by atoms with Gasteiger partial charge in [-0.3, -0.25) is 4.79 Å². The number of nitrogens with one attached hydrogen (secondary N) is 1. The van der Waals surface area contributed by atoms with Gasteiger partial charge in [0.1, 0.15) is 0 Å². The molecule has 150 valence electrons. The van der Waals surface area contributed by atoms with Gasteiger partial charge in [0, 0.05) is 35.2 Å². The molecule has 6 heteroatoms. The smallest absolute Gasteiger partial charge is 0.251 e. The summed E-state index contributed by atoms with van der Waals surface area (Å²) >= 11 is 3.42. The van der Waals surface area contributed by atoms with E-state index < -0.39 is 0 Å². The van der Waals surface area contributed by atoms with Gasteiger partial charge in [-0.05, 0) is 55.7 Å². The van der Waals surface area contributed by atoms with Gasteiger partial charge in [-0.15, -0.1) is 0 Å². The van der Waals surface area contributed by atoms with Crippen molar-refractivity contribution in [3.05, 3.63) is 58.6 Å². The number of amides is 1. The summed E-state index contributed by atoms with van der Waals surface area (Å²) in [6.07, 6.45) is 5.98. The Balaban J connectivity index is 1.36. The van der Waals surface area contributed by atoms with Gasteiger partial charge in [0.2, 0.25) is 5.95 Å². The number of benzene rings is 2. The maximum absolute atomic E-state index is 12.6. The van der Waals surface area contributed by atoms with Crippen molar-refractivity contribution in [1.29, 1.82) is 0 Å². The fourth-order valence-corrected chi connectivity index (χ4v) is 4.97. The number of nitrogens with zero attached hydrogens (tertiary/aromatic N) is 3. The van der Waals surface area contributed by atoms with Gasteiger partial charge in [-0.2, -0.15) is 0 Å². The molecule has 1 saturated heterocycles. The molecule has 1 aliphatic heterocycles. The molecule has 29 heavy (non-hydrogen) atoms. The van der Waals surface area contributed by atoms with Gasteiger partial charge in [-0.1, -0.05) is 40.9 Å². The van der Waals surface area contributed by atoms with Crippen LogP contribution in [0.2, 0.25) is 0 Å². The molecule has 1 aliphatic carbocycles. The summed E-state index contributed by atoms with van der Waals surface area (Å²) in [6.45, 7) is 1.72. The molecule has 2 aromatic carbocycles. The number of imidazole rings is 1. The molecule has 5 nitrogen and oxygen atoms in total. The minimum absolute atomic E-state index is 0.00588. The topological polar surface area (TPSA) is 50.2 Å². The van der Waals surface area contributed by atoms with Crippen LogP contribution in [0.1, 0.15) is 48.5 Å². The maximum atomic E-state index is 12.6. The number of hydrogen-bond acceptors (Lipinski definition) is 3. The summed E-state index contributed by atoms with van der Waals surface area (Å²) in [5.74, 6) is 1.06. The Hall–Kier alpha value is -2.34. The van der Waals surface area contributed by atoms with E-state index in [2.05, 4.69) is 55.0 Å². The Bertz CT molecular complexity index is 1020. The summed E-state index contributed by atoms with van der Waals surface area (Å²) in [5.41, 5.74) is 3.00. The molecular formula is C23H25BrN4O. The summed E-state index contributed by atoms with van der Waals surface area (Å²) in [7, 11) is 0. The lowest BCUT2D eigenvalue weighted by molar-refractivity contribution is 0.0940. The van der Waals surface area contributed by atoms with Crippen LogP contribution in [-0.2, 0) is 0 Å². The summed E-state index contributed by atoms with van der Waals surface area (Å²) < 4.78 is 3.44. The van der Waals surface area contributed by atoms with Gasteiger partial charge in [0.25, 0.3) is 5.91 Å². The summed E-state index contributed by atoms with van der Waals surface area (Å²) in [4.78, 5) is 20.0. The number of halogens is 1. The second kappa shape index (κ2) is 7.82. The molecule has 5 rings (SSSR count). The first kappa shape index (κ1) is 18.7. The Morgan fingerprint density at radius 1 is 1.03 bits per heavy atom. The minimum atomic E-state index is -0.00588. The van der Waals surface area contributed by atoms with Crippen molar-refractivity contribution in [2.45, 2.75) is 44.2 Å². The highest BCUT2D eigenvalue weighted by molar-refractivity contribution is 9.10. The zero-order chi connectivity index (χ0) is 19.8. The van der Waals surface area contributed by atoms with Gasteiger partial charge >= 0.3 is 0 Å². The van der Waals surface area contributed by atoms with E-state index in [0.29, 0.717) is 11.6 Å². The molecule has 2 fully saturated rings. The number of anilines is 1. The highest BCUT2D eigenvalue weighted by atomic mass is 79.9. The molecule has 0 spiro atoms. The number of rotatable bonds is 4. The molecule has 1 atom stereocenters. The third-order valence-corrected chi connectivity index (χ3v) is 6.71. The van der Waals surface area contributed by atoms with Crippen molar-refractivity contribution >= 4 is 38.8 Å². The predicted octanol–water partition coefficient (Wildman–Crippen LogP) is 4.92. The van der Waals surface area contributed by atoms with Crippen molar-refractivity contribution in [2.24, 2.45) is 0 Å². The lowest BCUT2D eigenvalue weighted by Gasteiger charge is -2.23. The first-order valence-corrected chi connectivity index (χ1v) is 11.3. The molecule has 1 unspecified atom stereocenters. The molecular weight excluding hydrogens is 428 g/mol. The molecule has 0 bridgehead atoms. The fraction of sp³-hybridized carbons (Fsp3) is 0.391. The van der Waals surface area contributed by atoms with Crippen LogP contribution in [0.5, 0.6) is 0 Å². The zero-order valence-electron chi connectivity index (χ0n) is 16.4. The fourth-order valence-electron chi connectivity index (χ4n) is 4.71. The van der Waals surface area contributed by atoms with Crippen LogP contribution in [0.3, 0.4) is 0 Å². The highest BCUT2D eigenvalue weighted by Crippen LogP contribution is 2.37. The van der Waals surface area contributed by atoms with Crippen LogP contribution in [0, 0.1) is 0 Å². The Morgan fingerprint density at radius 2 is 1.79 bits per heavy atom. The third kappa shape index (κ3) is 3.66. The van der Waals surface area contributed by atoms with Crippen LogP contribution in [0.4, 0.5) is 5.95 Å². The van der Waals surface area contributed by atoms with Crippen LogP contribution in [-0.4, -0.2) is 34.6 Å². The van der Waals surface area contributed by atoms with E-state index in [4.69, 9.17) is 4.98 Å². The number of para-hydroxylation sites is 2. The standard InChI is InChI=1S/C23H25BrN4O/c24-17-11-9-16(10-12-17)22(29)25-18-13-14-27(15-18)23-26-20-7-3-4-8-21(20)28(23)19-5-1-2-6-19/h3-4,7-12,18-19H,1-2,5-6,13-15H2,(H,25,29). The van der Waals surface area contributed by atoms with E-state index in [9.17, 15) is 4.79 Å². The number of carbonyl (C=O) groups excluding carboxylic acids is 1. The van der Waals surface area contributed by atoms with Gasteiger partial charge in [0.05, 0.1) is 11.0 Å². The highest BCUT2D eigenvalue weighted by Gasteiger charge is 2.30. The Labute approximate surface area is 179 Å². The first-order valence-electron chi connectivity index (χ1n) is 10.5. The van der Waals surface area contributed by atoms with E-state index in [1.54, 1.807) is 0 Å². The molecule has 2 aliphatic rings. The Morgan fingerprint density at radius 3 is 2.59 bits per heavy atom. The molecule has 1 aromatic heterocycles. The van der Waals surface area contributed by atoms with Crippen LogP contribution in [0.15, 0.2) is 53.0 Å². The van der Waals surface area contributed by atoms with E-state index in [1.807, 2.05) is 24.3 Å². The van der Waals surface area contributed by atoms with E-state index >= 15 is 0 Å². The number of hydrogen-bond donors (Lipinski definition) is 1. The normalized spacial score (nSPS) is 19.9. The largest absolute Gasteiger partial charge is 0.347 e. The molecule has 2 heterocycles. The number of carbonyl (C=O) groups is 1. The Kier molecular flexibility index (Phi) is 5.04. The summed E-state index contributed by atoms with van der Waals surface area (Å²) in [6, 6.07) is 16.6. The van der Waals surface area contributed by atoms with Crippen molar-refractivity contribution in [3.8, 4) is 0 Å². The lowest BCUT2D eigenvalue weighted by atomic mass is 10.2. The first-order chi connectivity index (χ1) is 14.2. The molecule has 0 radical (unpaired) electrons. The molecule has 1 N–H and O–H groups in total. The SMILES string of the molecule is O=C(NC1CCN(c2nc3ccccc3n2C2CCCC2)C1)c1ccc(Br)cc1. The van der Waals surface area contributed by atoms with E-state index in [1.165, 1.54) is 31.2 Å². The second-order valence-corrected chi connectivity index (χ2v) is 9.04. The predicted molar refractivity (Wildman–Crippen MR) is 119 cm³/mol. The second-order valence-electron chi connectivity index (χ2n) is 8.12. The van der Waals surface area contributed by atoms with Crippen molar-refractivity contribution in [1.82, 2.24) is 14.9 Å². The van der Waals surface area contributed by atoms with Gasteiger partial charge < -0.3 is 14.8 Å². The maximum Gasteiger partial charge on any atom is 0.251 e. The molecule has 3 aromatic rings. The van der Waals surface area contributed by atoms with Crippen LogP contribution < -0.4 is 10.2 Å². The third-order valence-electron chi connectivity index (χ3n) is 6.18. The van der Waals surface area contributed by atoms with Crippen molar-refractivity contribution in [2.75, 3.05) is 18.0 Å².